The number of fused-ring (bicyclic) bond motifs is 1. The fourth-order valence-electron chi connectivity index (χ4n) is 3.72. The molecular formula is C18H24N2O3. The topological polar surface area (TPSA) is 81.4 Å². The molecule has 0 bridgehead atoms. The van der Waals surface area contributed by atoms with Crippen molar-refractivity contribution < 1.29 is 14.3 Å². The lowest BCUT2D eigenvalue weighted by Gasteiger charge is -2.31. The zero-order valence-corrected chi connectivity index (χ0v) is 13.3. The monoisotopic (exact) mass is 316 g/mol. The fourth-order valence-corrected chi connectivity index (χ4v) is 3.72. The Kier molecular flexibility index (Phi) is 4.96. The van der Waals surface area contributed by atoms with Crippen molar-refractivity contribution >= 4 is 11.8 Å². The Balaban J connectivity index is 1.62. The van der Waals surface area contributed by atoms with E-state index in [4.69, 9.17) is 10.5 Å². The Labute approximate surface area is 136 Å². The van der Waals surface area contributed by atoms with Gasteiger partial charge in [0.15, 0.2) is 0 Å². The van der Waals surface area contributed by atoms with Gasteiger partial charge >= 0.3 is 0 Å². The molecule has 23 heavy (non-hydrogen) atoms. The molecule has 0 aromatic heterocycles. The summed E-state index contributed by atoms with van der Waals surface area (Å²) in [4.78, 5) is 24.0. The molecule has 5 heteroatoms. The van der Waals surface area contributed by atoms with Crippen LogP contribution in [0.3, 0.4) is 0 Å². The molecule has 1 saturated carbocycles. The van der Waals surface area contributed by atoms with Crippen LogP contribution in [0.15, 0.2) is 24.3 Å². The predicted molar refractivity (Wildman–Crippen MR) is 86.5 cm³/mol. The molecule has 3 atom stereocenters. The van der Waals surface area contributed by atoms with Crippen LogP contribution in [0.4, 0.5) is 0 Å². The quantitative estimate of drug-likeness (QED) is 0.889. The highest BCUT2D eigenvalue weighted by Gasteiger charge is 2.31. The Morgan fingerprint density at radius 1 is 1.22 bits per heavy atom. The Bertz CT molecular complexity index is 587. The number of carbonyl (C=O) groups excluding carboxylic acids is 2. The van der Waals surface area contributed by atoms with E-state index in [2.05, 4.69) is 11.4 Å². The van der Waals surface area contributed by atoms with Gasteiger partial charge in [-0.25, -0.2) is 0 Å². The molecule has 0 radical (unpaired) electrons. The number of nitrogens with two attached hydrogens (primary N) is 1. The van der Waals surface area contributed by atoms with Crippen molar-refractivity contribution in [1.29, 1.82) is 0 Å². The summed E-state index contributed by atoms with van der Waals surface area (Å²) in [6.45, 7) is 0.641. The molecule has 1 aromatic rings. The molecule has 0 unspecified atom stereocenters. The normalized spacial score (nSPS) is 27.0. The van der Waals surface area contributed by atoms with Crippen LogP contribution in [-0.2, 0) is 20.7 Å². The summed E-state index contributed by atoms with van der Waals surface area (Å²) in [6.07, 6.45) is 4.59. The van der Waals surface area contributed by atoms with Crippen LogP contribution < -0.4 is 11.1 Å². The minimum atomic E-state index is -0.311. The molecule has 0 spiro atoms. The maximum Gasteiger partial charge on any atom is 0.223 e. The smallest absolute Gasteiger partial charge is 0.223 e. The van der Waals surface area contributed by atoms with Gasteiger partial charge in [-0.3, -0.25) is 9.59 Å². The van der Waals surface area contributed by atoms with E-state index in [0.717, 1.165) is 37.7 Å². The third-order valence-electron chi connectivity index (χ3n) is 4.94. The first-order valence-corrected chi connectivity index (χ1v) is 8.43. The number of carbonyl (C=O) groups is 2. The van der Waals surface area contributed by atoms with E-state index >= 15 is 0 Å². The lowest BCUT2D eigenvalue weighted by Crippen LogP contribution is -2.47. The van der Waals surface area contributed by atoms with Gasteiger partial charge in [0.25, 0.3) is 0 Å². The zero-order valence-electron chi connectivity index (χ0n) is 13.3. The van der Waals surface area contributed by atoms with E-state index in [1.54, 1.807) is 0 Å². The van der Waals surface area contributed by atoms with Crippen LogP contribution in [0.25, 0.3) is 0 Å². The highest BCUT2D eigenvalue weighted by atomic mass is 16.5. The summed E-state index contributed by atoms with van der Waals surface area (Å²) in [5, 5.41) is 3.01. The number of hydrogen-bond acceptors (Lipinski definition) is 3. The van der Waals surface area contributed by atoms with Crippen molar-refractivity contribution in [3.05, 3.63) is 35.4 Å². The lowest BCUT2D eigenvalue weighted by molar-refractivity contribution is -0.127. The van der Waals surface area contributed by atoms with Crippen molar-refractivity contribution in [2.75, 3.05) is 6.61 Å². The second-order valence-electron chi connectivity index (χ2n) is 6.48. The molecule has 2 amide bonds. The first-order valence-electron chi connectivity index (χ1n) is 8.43. The molecular weight excluding hydrogens is 292 g/mol. The first kappa shape index (κ1) is 16.0. The number of benzene rings is 1. The third kappa shape index (κ3) is 3.72. The van der Waals surface area contributed by atoms with Crippen LogP contribution >= 0.6 is 0 Å². The summed E-state index contributed by atoms with van der Waals surface area (Å²) >= 11 is 0. The number of hydrogen-bond donors (Lipinski definition) is 2. The molecule has 1 fully saturated rings. The van der Waals surface area contributed by atoms with Gasteiger partial charge in [-0.05, 0) is 30.4 Å². The molecule has 3 N–H and O–H groups in total. The average molecular weight is 316 g/mol. The van der Waals surface area contributed by atoms with Crippen molar-refractivity contribution in [3.63, 3.8) is 0 Å². The highest BCUT2D eigenvalue weighted by Crippen LogP contribution is 2.30. The molecule has 5 nitrogen and oxygen atoms in total. The van der Waals surface area contributed by atoms with Gasteiger partial charge in [0.05, 0.1) is 25.0 Å². The molecule has 1 heterocycles. The first-order chi connectivity index (χ1) is 11.1. The van der Waals surface area contributed by atoms with Gasteiger partial charge in [-0.15, -0.1) is 0 Å². The Morgan fingerprint density at radius 3 is 2.83 bits per heavy atom. The molecule has 3 rings (SSSR count). The lowest BCUT2D eigenvalue weighted by atomic mass is 9.84. The van der Waals surface area contributed by atoms with E-state index in [-0.39, 0.29) is 29.9 Å². The summed E-state index contributed by atoms with van der Waals surface area (Å²) < 4.78 is 5.79. The average Bonchev–Trinajstić information content (AvgIpc) is 2.55. The van der Waals surface area contributed by atoms with E-state index in [9.17, 15) is 9.59 Å². The van der Waals surface area contributed by atoms with Crippen LogP contribution in [0.5, 0.6) is 0 Å². The second-order valence-corrected chi connectivity index (χ2v) is 6.48. The third-order valence-corrected chi connectivity index (χ3v) is 4.94. The number of nitrogens with one attached hydrogen (secondary N) is 1. The SMILES string of the molecule is NC(=O)[C@@H]1CCCC[C@@H]1NC(=O)C[C@@H]1OCCc2ccccc21. The van der Waals surface area contributed by atoms with Crippen molar-refractivity contribution in [2.45, 2.75) is 50.7 Å². The predicted octanol–water partition coefficient (Wildman–Crippen LogP) is 1.85. The molecule has 1 aromatic carbocycles. The highest BCUT2D eigenvalue weighted by molar-refractivity contribution is 5.81. The van der Waals surface area contributed by atoms with Crippen molar-refractivity contribution in [1.82, 2.24) is 5.32 Å². The number of rotatable bonds is 4. The van der Waals surface area contributed by atoms with E-state index in [1.807, 2.05) is 18.2 Å². The second kappa shape index (κ2) is 7.13. The van der Waals surface area contributed by atoms with E-state index in [1.165, 1.54) is 5.56 Å². The van der Waals surface area contributed by atoms with Crippen molar-refractivity contribution in [2.24, 2.45) is 11.7 Å². The standard InChI is InChI=1S/C18H24N2O3/c19-18(22)14-7-3-4-8-15(14)20-17(21)11-16-13-6-2-1-5-12(13)9-10-23-16/h1-2,5-6,14-16H,3-4,7-11H2,(H2,19,22)(H,20,21)/t14-,15+,16+/m1/s1. The summed E-state index contributed by atoms with van der Waals surface area (Å²) in [5.41, 5.74) is 7.82. The van der Waals surface area contributed by atoms with Crippen LogP contribution in [0.2, 0.25) is 0 Å². The van der Waals surface area contributed by atoms with Crippen LogP contribution in [0, 0.1) is 5.92 Å². The van der Waals surface area contributed by atoms with Crippen molar-refractivity contribution in [3.8, 4) is 0 Å². The summed E-state index contributed by atoms with van der Waals surface area (Å²) in [6, 6.07) is 7.97. The van der Waals surface area contributed by atoms with E-state index < -0.39 is 0 Å². The molecule has 1 aliphatic heterocycles. The Hall–Kier alpha value is -1.88. The maximum atomic E-state index is 12.4. The minimum Gasteiger partial charge on any atom is -0.373 e. The van der Waals surface area contributed by atoms with Gasteiger partial charge in [0, 0.05) is 6.04 Å². The minimum absolute atomic E-state index is 0.0650. The molecule has 0 saturated heterocycles. The summed E-state index contributed by atoms with van der Waals surface area (Å²) in [5.74, 6) is -0.619. The molecule has 1 aliphatic carbocycles. The van der Waals surface area contributed by atoms with Gasteiger partial charge in [-0.1, -0.05) is 37.1 Å². The van der Waals surface area contributed by atoms with Gasteiger partial charge < -0.3 is 15.8 Å². The van der Waals surface area contributed by atoms with Crippen LogP contribution in [0.1, 0.15) is 49.3 Å². The van der Waals surface area contributed by atoms with Gasteiger partial charge in [0.1, 0.15) is 0 Å². The fraction of sp³-hybridized carbons (Fsp3) is 0.556. The van der Waals surface area contributed by atoms with E-state index in [0.29, 0.717) is 13.0 Å². The molecule has 2 aliphatic rings. The maximum absolute atomic E-state index is 12.4. The number of ether oxygens (including phenoxy) is 1. The van der Waals surface area contributed by atoms with Crippen LogP contribution in [-0.4, -0.2) is 24.5 Å². The van der Waals surface area contributed by atoms with Gasteiger partial charge in [-0.2, -0.15) is 0 Å². The summed E-state index contributed by atoms with van der Waals surface area (Å²) in [7, 11) is 0. The van der Waals surface area contributed by atoms with Gasteiger partial charge in [0.2, 0.25) is 11.8 Å². The Morgan fingerprint density at radius 2 is 2.00 bits per heavy atom. The number of amides is 2. The largest absolute Gasteiger partial charge is 0.373 e. The zero-order chi connectivity index (χ0) is 16.2. The number of primary amides is 1. The molecule has 124 valence electrons.